The van der Waals surface area contributed by atoms with E-state index < -0.39 is 0 Å². The van der Waals surface area contributed by atoms with E-state index in [-0.39, 0.29) is 0 Å². The van der Waals surface area contributed by atoms with E-state index in [0.717, 1.165) is 34.5 Å². The molecule has 2 heterocycles. The number of thiophene rings is 1. The number of halogens is 1. The Hall–Kier alpha value is -0.580. The molecular weight excluding hydrogens is 260 g/mol. The molecule has 0 radical (unpaired) electrons. The van der Waals surface area contributed by atoms with Crippen molar-refractivity contribution in [3.8, 4) is 0 Å². The molecule has 0 spiro atoms. The largest absolute Gasteiger partial charge is 0.361 e. The van der Waals surface area contributed by atoms with Gasteiger partial charge in [0.05, 0.1) is 10.0 Å². The van der Waals surface area contributed by atoms with Crippen LogP contribution in [-0.4, -0.2) is 11.5 Å². The highest BCUT2D eigenvalue weighted by molar-refractivity contribution is 7.16. The van der Waals surface area contributed by atoms with Gasteiger partial charge < -0.3 is 5.32 Å². The third kappa shape index (κ3) is 3.20. The molecule has 5 heteroatoms. The second-order valence-electron chi connectivity index (χ2n) is 3.38. The molecule has 0 aromatic carbocycles. The van der Waals surface area contributed by atoms with Gasteiger partial charge >= 0.3 is 0 Å². The molecule has 2 aromatic rings. The van der Waals surface area contributed by atoms with Gasteiger partial charge in [-0.15, -0.1) is 22.7 Å². The lowest BCUT2D eigenvalue weighted by Crippen LogP contribution is -2.03. The third-order valence-corrected chi connectivity index (χ3v) is 4.33. The fourth-order valence-electron chi connectivity index (χ4n) is 1.33. The van der Waals surface area contributed by atoms with Gasteiger partial charge in [0.2, 0.25) is 0 Å². The zero-order valence-corrected chi connectivity index (χ0v) is 11.4. The van der Waals surface area contributed by atoms with Gasteiger partial charge in [-0.25, -0.2) is 4.98 Å². The predicted octanol–water partition coefficient (Wildman–Crippen LogP) is 4.08. The molecule has 0 saturated heterocycles. The molecule has 0 bridgehead atoms. The van der Waals surface area contributed by atoms with Crippen molar-refractivity contribution in [3.63, 3.8) is 0 Å². The van der Waals surface area contributed by atoms with Gasteiger partial charge in [0.15, 0.2) is 5.13 Å². The summed E-state index contributed by atoms with van der Waals surface area (Å²) < 4.78 is 0.859. The van der Waals surface area contributed by atoms with Crippen LogP contribution in [0.3, 0.4) is 0 Å². The normalized spacial score (nSPS) is 10.6. The van der Waals surface area contributed by atoms with Crippen LogP contribution in [0.4, 0.5) is 5.13 Å². The van der Waals surface area contributed by atoms with E-state index in [0.29, 0.717) is 0 Å². The van der Waals surface area contributed by atoms with E-state index >= 15 is 0 Å². The van der Waals surface area contributed by atoms with Crippen LogP contribution in [0.1, 0.15) is 17.5 Å². The fourth-order valence-corrected chi connectivity index (χ4v) is 3.24. The lowest BCUT2D eigenvalue weighted by atomic mass is 10.3. The molecule has 2 aromatic heterocycles. The second kappa shape index (κ2) is 5.66. The van der Waals surface area contributed by atoms with Crippen LogP contribution in [-0.2, 0) is 12.8 Å². The smallest absolute Gasteiger partial charge is 0.182 e. The first-order valence-electron chi connectivity index (χ1n) is 5.20. The first kappa shape index (κ1) is 11.9. The van der Waals surface area contributed by atoms with E-state index in [2.05, 4.69) is 28.7 Å². The molecular formula is C11H13ClN2S2. The molecule has 0 unspecified atom stereocenters. The van der Waals surface area contributed by atoms with E-state index in [1.807, 2.05) is 6.07 Å². The summed E-state index contributed by atoms with van der Waals surface area (Å²) in [5.74, 6) is 0. The molecule has 16 heavy (non-hydrogen) atoms. The molecule has 0 saturated carbocycles. The lowest BCUT2D eigenvalue weighted by molar-refractivity contribution is 1.02. The summed E-state index contributed by atoms with van der Waals surface area (Å²) in [7, 11) is 0. The average Bonchev–Trinajstić information content (AvgIpc) is 2.88. The SMILES string of the molecule is CCc1csc(NCCc2ccc(Cl)s2)n1. The van der Waals surface area contributed by atoms with Gasteiger partial charge in [-0.2, -0.15) is 0 Å². The van der Waals surface area contributed by atoms with Crippen molar-refractivity contribution in [3.05, 3.63) is 32.4 Å². The van der Waals surface area contributed by atoms with Crippen LogP contribution >= 0.6 is 34.3 Å². The van der Waals surface area contributed by atoms with Crippen molar-refractivity contribution in [1.29, 1.82) is 0 Å². The maximum Gasteiger partial charge on any atom is 0.182 e. The zero-order valence-electron chi connectivity index (χ0n) is 9.00. The molecule has 0 aliphatic heterocycles. The summed E-state index contributed by atoms with van der Waals surface area (Å²) in [4.78, 5) is 5.76. The van der Waals surface area contributed by atoms with Crippen LogP contribution in [0.2, 0.25) is 4.34 Å². The Morgan fingerprint density at radius 1 is 1.44 bits per heavy atom. The first-order chi connectivity index (χ1) is 7.78. The van der Waals surface area contributed by atoms with Gasteiger partial charge in [-0.05, 0) is 25.0 Å². The molecule has 0 aliphatic carbocycles. The molecule has 2 rings (SSSR count). The average molecular weight is 273 g/mol. The zero-order chi connectivity index (χ0) is 11.4. The lowest BCUT2D eigenvalue weighted by Gasteiger charge is -1.99. The van der Waals surface area contributed by atoms with E-state index in [9.17, 15) is 0 Å². The van der Waals surface area contributed by atoms with Crippen molar-refractivity contribution >= 4 is 39.4 Å². The van der Waals surface area contributed by atoms with Crippen LogP contribution in [0.15, 0.2) is 17.5 Å². The van der Waals surface area contributed by atoms with Gasteiger partial charge in [-0.3, -0.25) is 0 Å². The topological polar surface area (TPSA) is 24.9 Å². The predicted molar refractivity (Wildman–Crippen MR) is 73.0 cm³/mol. The molecule has 0 amide bonds. The van der Waals surface area contributed by atoms with E-state index in [1.54, 1.807) is 22.7 Å². The van der Waals surface area contributed by atoms with Crippen molar-refractivity contribution in [2.24, 2.45) is 0 Å². The molecule has 0 atom stereocenters. The highest BCUT2D eigenvalue weighted by Crippen LogP contribution is 2.22. The highest BCUT2D eigenvalue weighted by atomic mass is 35.5. The Labute approximate surface area is 108 Å². The monoisotopic (exact) mass is 272 g/mol. The highest BCUT2D eigenvalue weighted by Gasteiger charge is 2.01. The van der Waals surface area contributed by atoms with Crippen LogP contribution in [0.25, 0.3) is 0 Å². The Kier molecular flexibility index (Phi) is 4.21. The Morgan fingerprint density at radius 3 is 2.94 bits per heavy atom. The Morgan fingerprint density at radius 2 is 2.31 bits per heavy atom. The molecule has 86 valence electrons. The number of hydrogen-bond acceptors (Lipinski definition) is 4. The van der Waals surface area contributed by atoms with Crippen molar-refractivity contribution < 1.29 is 0 Å². The minimum atomic E-state index is 0.859. The number of thiazole rings is 1. The van der Waals surface area contributed by atoms with Crippen molar-refractivity contribution in [2.75, 3.05) is 11.9 Å². The van der Waals surface area contributed by atoms with Gasteiger partial charge in [-0.1, -0.05) is 18.5 Å². The summed E-state index contributed by atoms with van der Waals surface area (Å²) in [6.45, 7) is 3.03. The first-order valence-corrected chi connectivity index (χ1v) is 7.28. The summed E-state index contributed by atoms with van der Waals surface area (Å²) in [5.41, 5.74) is 1.16. The summed E-state index contributed by atoms with van der Waals surface area (Å²) in [6, 6.07) is 4.02. The van der Waals surface area contributed by atoms with E-state index in [1.165, 1.54) is 4.88 Å². The molecule has 2 nitrogen and oxygen atoms in total. The van der Waals surface area contributed by atoms with Crippen LogP contribution in [0, 0.1) is 0 Å². The van der Waals surface area contributed by atoms with Crippen molar-refractivity contribution in [2.45, 2.75) is 19.8 Å². The quantitative estimate of drug-likeness (QED) is 0.887. The standard InChI is InChI=1S/C11H13ClN2S2/c1-2-8-7-15-11(14-8)13-6-5-9-3-4-10(12)16-9/h3-4,7H,2,5-6H2,1H3,(H,13,14). The van der Waals surface area contributed by atoms with E-state index in [4.69, 9.17) is 11.6 Å². The van der Waals surface area contributed by atoms with Gasteiger partial charge in [0.1, 0.15) is 0 Å². The minimum Gasteiger partial charge on any atom is -0.361 e. The molecule has 1 N–H and O–H groups in total. The fraction of sp³-hybridized carbons (Fsp3) is 0.364. The number of rotatable bonds is 5. The minimum absolute atomic E-state index is 0.859. The number of hydrogen-bond donors (Lipinski definition) is 1. The van der Waals surface area contributed by atoms with Gasteiger partial charge in [0, 0.05) is 16.8 Å². The molecule has 0 fully saturated rings. The van der Waals surface area contributed by atoms with Crippen LogP contribution < -0.4 is 5.32 Å². The number of aromatic nitrogens is 1. The maximum atomic E-state index is 5.87. The van der Waals surface area contributed by atoms with Gasteiger partial charge in [0.25, 0.3) is 0 Å². The molecule has 0 aliphatic rings. The third-order valence-electron chi connectivity index (χ3n) is 2.19. The van der Waals surface area contributed by atoms with Crippen molar-refractivity contribution in [1.82, 2.24) is 4.98 Å². The number of nitrogens with zero attached hydrogens (tertiary/aromatic N) is 1. The Balaban J connectivity index is 1.79. The maximum absolute atomic E-state index is 5.87. The second-order valence-corrected chi connectivity index (χ2v) is 6.04. The van der Waals surface area contributed by atoms with Crippen LogP contribution in [0.5, 0.6) is 0 Å². The summed E-state index contributed by atoms with van der Waals surface area (Å²) in [5, 5.41) is 6.44. The number of anilines is 1. The Bertz CT molecular complexity index is 450. The summed E-state index contributed by atoms with van der Waals surface area (Å²) in [6.07, 6.45) is 2.00. The summed E-state index contributed by atoms with van der Waals surface area (Å²) >= 11 is 9.18. The number of aryl methyl sites for hydroxylation is 1. The number of nitrogens with one attached hydrogen (secondary N) is 1.